The largest absolute Gasteiger partial charge is 0.364 e. The molecule has 6 heteroatoms. The van der Waals surface area contributed by atoms with Gasteiger partial charge in [0.25, 0.3) is 5.91 Å². The lowest BCUT2D eigenvalue weighted by atomic mass is 10.2. The summed E-state index contributed by atoms with van der Waals surface area (Å²) in [7, 11) is 3.38. The molecule has 0 aliphatic carbocycles. The topological polar surface area (TPSA) is 58.1 Å². The van der Waals surface area contributed by atoms with E-state index < -0.39 is 0 Å². The molecular weight excluding hydrogens is 260 g/mol. The molecule has 2 rings (SSSR count). The Hall–Kier alpha value is -1.95. The molecule has 0 spiro atoms. The quantitative estimate of drug-likeness (QED) is 0.929. The number of hydrogen-bond donors (Lipinski definition) is 1. The zero-order valence-corrected chi connectivity index (χ0v) is 12.0. The predicted octanol–water partition coefficient (Wildman–Crippen LogP) is 2.16. The minimum absolute atomic E-state index is 0.146. The first-order valence-electron chi connectivity index (χ1n) is 5.89. The number of rotatable bonds is 4. The van der Waals surface area contributed by atoms with Crippen LogP contribution >= 0.6 is 11.3 Å². The van der Waals surface area contributed by atoms with Crippen LogP contribution in [0.3, 0.4) is 0 Å². The molecule has 2 aromatic heterocycles. The van der Waals surface area contributed by atoms with Crippen LogP contribution in [0.25, 0.3) is 0 Å². The van der Waals surface area contributed by atoms with E-state index in [0.717, 1.165) is 0 Å². The van der Waals surface area contributed by atoms with E-state index in [-0.39, 0.29) is 5.91 Å². The van der Waals surface area contributed by atoms with Crippen molar-refractivity contribution in [3.63, 3.8) is 0 Å². The smallest absolute Gasteiger partial charge is 0.273 e. The van der Waals surface area contributed by atoms with Gasteiger partial charge in [-0.05, 0) is 40.9 Å². The Kier molecular flexibility index (Phi) is 4.11. The summed E-state index contributed by atoms with van der Waals surface area (Å²) in [6.07, 6.45) is 0. The lowest BCUT2D eigenvalue weighted by Crippen LogP contribution is -2.23. The minimum Gasteiger partial charge on any atom is -0.364 e. The maximum absolute atomic E-state index is 11.6. The van der Waals surface area contributed by atoms with Gasteiger partial charge in [0.2, 0.25) is 0 Å². The molecular formula is C13H16N4OS. The van der Waals surface area contributed by atoms with Crippen molar-refractivity contribution in [2.75, 3.05) is 19.4 Å². The van der Waals surface area contributed by atoms with Crippen LogP contribution in [0.2, 0.25) is 0 Å². The Morgan fingerprint density at radius 1 is 1.32 bits per heavy atom. The average Bonchev–Trinajstić information content (AvgIpc) is 2.81. The second kappa shape index (κ2) is 5.79. The summed E-state index contributed by atoms with van der Waals surface area (Å²) in [5, 5.41) is 15.3. The van der Waals surface area contributed by atoms with Crippen molar-refractivity contribution >= 4 is 23.1 Å². The Morgan fingerprint density at radius 2 is 2.11 bits per heavy atom. The van der Waals surface area contributed by atoms with E-state index in [1.54, 1.807) is 37.6 Å². The Morgan fingerprint density at radius 3 is 2.63 bits per heavy atom. The summed E-state index contributed by atoms with van der Waals surface area (Å²) < 4.78 is 0. The van der Waals surface area contributed by atoms with E-state index in [0.29, 0.717) is 18.1 Å². The third-order valence-electron chi connectivity index (χ3n) is 2.71. The van der Waals surface area contributed by atoms with Gasteiger partial charge in [-0.1, -0.05) is 0 Å². The number of amides is 1. The van der Waals surface area contributed by atoms with E-state index in [1.807, 2.05) is 0 Å². The van der Waals surface area contributed by atoms with E-state index in [2.05, 4.69) is 33.2 Å². The molecule has 5 nitrogen and oxygen atoms in total. The van der Waals surface area contributed by atoms with Crippen molar-refractivity contribution in [1.82, 2.24) is 15.1 Å². The van der Waals surface area contributed by atoms with Gasteiger partial charge in [0.15, 0.2) is 5.69 Å². The zero-order valence-electron chi connectivity index (χ0n) is 11.2. The molecule has 0 saturated carbocycles. The Labute approximate surface area is 116 Å². The highest BCUT2D eigenvalue weighted by Crippen LogP contribution is 2.15. The summed E-state index contributed by atoms with van der Waals surface area (Å²) in [6.45, 7) is 2.79. The second-order valence-electron chi connectivity index (χ2n) is 4.44. The molecule has 0 aromatic carbocycles. The molecule has 2 aromatic rings. The molecule has 1 N–H and O–H groups in total. The SMILES string of the molecule is Cc1cscc1CNc1ccc(C(=O)N(C)C)nn1. The van der Waals surface area contributed by atoms with Gasteiger partial charge >= 0.3 is 0 Å². The van der Waals surface area contributed by atoms with Gasteiger partial charge in [0.05, 0.1) is 0 Å². The molecule has 0 radical (unpaired) electrons. The van der Waals surface area contributed by atoms with Gasteiger partial charge in [0.1, 0.15) is 5.82 Å². The van der Waals surface area contributed by atoms with E-state index in [9.17, 15) is 4.79 Å². The number of thiophene rings is 1. The van der Waals surface area contributed by atoms with Crippen molar-refractivity contribution in [1.29, 1.82) is 0 Å². The van der Waals surface area contributed by atoms with Crippen molar-refractivity contribution in [2.45, 2.75) is 13.5 Å². The number of hydrogen-bond acceptors (Lipinski definition) is 5. The van der Waals surface area contributed by atoms with Crippen LogP contribution in [0.4, 0.5) is 5.82 Å². The lowest BCUT2D eigenvalue weighted by Gasteiger charge is -2.09. The molecule has 0 atom stereocenters. The number of anilines is 1. The van der Waals surface area contributed by atoms with Gasteiger partial charge < -0.3 is 10.2 Å². The van der Waals surface area contributed by atoms with Crippen molar-refractivity contribution in [3.8, 4) is 0 Å². The van der Waals surface area contributed by atoms with Crippen LogP contribution in [0.1, 0.15) is 21.6 Å². The molecule has 0 saturated heterocycles. The number of carbonyl (C=O) groups excluding carboxylic acids is 1. The molecule has 0 unspecified atom stereocenters. The molecule has 0 aliphatic heterocycles. The van der Waals surface area contributed by atoms with Gasteiger partial charge in [-0.25, -0.2) is 0 Å². The van der Waals surface area contributed by atoms with E-state index >= 15 is 0 Å². The third-order valence-corrected chi connectivity index (χ3v) is 3.62. The first-order valence-corrected chi connectivity index (χ1v) is 6.83. The fourth-order valence-electron chi connectivity index (χ4n) is 1.52. The highest BCUT2D eigenvalue weighted by atomic mass is 32.1. The Balaban J connectivity index is 1.99. The zero-order chi connectivity index (χ0) is 13.8. The summed E-state index contributed by atoms with van der Waals surface area (Å²) in [5.41, 5.74) is 2.87. The summed E-state index contributed by atoms with van der Waals surface area (Å²) in [5.74, 6) is 0.522. The molecule has 100 valence electrons. The second-order valence-corrected chi connectivity index (χ2v) is 5.18. The summed E-state index contributed by atoms with van der Waals surface area (Å²) in [4.78, 5) is 13.1. The highest BCUT2D eigenvalue weighted by Gasteiger charge is 2.10. The number of nitrogens with zero attached hydrogens (tertiary/aromatic N) is 3. The van der Waals surface area contributed by atoms with Crippen LogP contribution in [-0.2, 0) is 6.54 Å². The van der Waals surface area contributed by atoms with Gasteiger partial charge in [-0.3, -0.25) is 4.79 Å². The van der Waals surface area contributed by atoms with Crippen LogP contribution in [0.15, 0.2) is 22.9 Å². The Bertz CT molecular complexity index is 562. The van der Waals surface area contributed by atoms with Crippen molar-refractivity contribution in [3.05, 3.63) is 39.7 Å². The number of nitrogens with one attached hydrogen (secondary N) is 1. The first kappa shape index (κ1) is 13.5. The fourth-order valence-corrected chi connectivity index (χ4v) is 2.38. The normalized spacial score (nSPS) is 10.3. The standard InChI is InChI=1S/C13H16N4OS/c1-9-7-19-8-10(9)6-14-12-5-4-11(15-16-12)13(18)17(2)3/h4-5,7-8H,6H2,1-3H3,(H,14,16). The maximum atomic E-state index is 11.6. The fraction of sp³-hybridized carbons (Fsp3) is 0.308. The molecule has 19 heavy (non-hydrogen) atoms. The van der Waals surface area contributed by atoms with Crippen LogP contribution in [0, 0.1) is 6.92 Å². The molecule has 0 fully saturated rings. The average molecular weight is 276 g/mol. The molecule has 2 heterocycles. The third kappa shape index (κ3) is 3.29. The lowest BCUT2D eigenvalue weighted by molar-refractivity contribution is 0.0821. The molecule has 1 amide bonds. The first-order chi connectivity index (χ1) is 9.08. The summed E-state index contributed by atoms with van der Waals surface area (Å²) in [6, 6.07) is 3.45. The van der Waals surface area contributed by atoms with Gasteiger partial charge in [0, 0.05) is 20.6 Å². The predicted molar refractivity (Wildman–Crippen MR) is 76.4 cm³/mol. The number of aryl methyl sites for hydroxylation is 1. The van der Waals surface area contributed by atoms with Crippen LogP contribution < -0.4 is 5.32 Å². The van der Waals surface area contributed by atoms with Crippen LogP contribution in [-0.4, -0.2) is 35.1 Å². The van der Waals surface area contributed by atoms with E-state index in [1.165, 1.54) is 16.0 Å². The van der Waals surface area contributed by atoms with Crippen molar-refractivity contribution < 1.29 is 4.79 Å². The summed E-state index contributed by atoms with van der Waals surface area (Å²) >= 11 is 1.68. The maximum Gasteiger partial charge on any atom is 0.273 e. The molecule has 0 aliphatic rings. The number of carbonyl (C=O) groups is 1. The van der Waals surface area contributed by atoms with E-state index in [4.69, 9.17) is 0 Å². The highest BCUT2D eigenvalue weighted by molar-refractivity contribution is 7.08. The van der Waals surface area contributed by atoms with Gasteiger partial charge in [-0.2, -0.15) is 11.3 Å². The monoisotopic (exact) mass is 276 g/mol. The van der Waals surface area contributed by atoms with Crippen molar-refractivity contribution in [2.24, 2.45) is 0 Å². The minimum atomic E-state index is -0.146. The van der Waals surface area contributed by atoms with Gasteiger partial charge in [-0.15, -0.1) is 10.2 Å². The van der Waals surface area contributed by atoms with Crippen LogP contribution in [0.5, 0.6) is 0 Å². The number of aromatic nitrogens is 2. The molecule has 0 bridgehead atoms.